The lowest BCUT2D eigenvalue weighted by Crippen LogP contribution is -2.44. The van der Waals surface area contributed by atoms with Crippen LogP contribution >= 0.6 is 0 Å². The van der Waals surface area contributed by atoms with Gasteiger partial charge in [0.05, 0.1) is 6.04 Å². The molecule has 0 aromatic heterocycles. The van der Waals surface area contributed by atoms with Crippen LogP contribution in [0.15, 0.2) is 0 Å². The fraction of sp³-hybridized carbons (Fsp3) is 0.917. The number of amides is 1. The van der Waals surface area contributed by atoms with Gasteiger partial charge in [-0.15, -0.1) is 0 Å². The van der Waals surface area contributed by atoms with Crippen molar-refractivity contribution in [2.24, 2.45) is 11.1 Å². The first-order valence-electron chi connectivity index (χ1n) is 6.17. The SMILES string of the molecule is CCC(N)C(=O)NCC1(CC)CCCC1. The molecular formula is C12H24N2O. The lowest BCUT2D eigenvalue weighted by molar-refractivity contribution is -0.122. The lowest BCUT2D eigenvalue weighted by atomic mass is 9.83. The van der Waals surface area contributed by atoms with Crippen molar-refractivity contribution in [3.05, 3.63) is 0 Å². The second kappa shape index (κ2) is 5.50. The first kappa shape index (κ1) is 12.5. The topological polar surface area (TPSA) is 55.1 Å². The van der Waals surface area contributed by atoms with E-state index in [1.807, 2.05) is 6.92 Å². The van der Waals surface area contributed by atoms with Gasteiger partial charge in [0.25, 0.3) is 0 Å². The van der Waals surface area contributed by atoms with Crippen LogP contribution in [0.4, 0.5) is 0 Å². The molecule has 0 saturated heterocycles. The smallest absolute Gasteiger partial charge is 0.236 e. The summed E-state index contributed by atoms with van der Waals surface area (Å²) in [6, 6.07) is -0.333. The van der Waals surface area contributed by atoms with E-state index in [2.05, 4.69) is 12.2 Å². The predicted molar refractivity (Wildman–Crippen MR) is 62.5 cm³/mol. The van der Waals surface area contributed by atoms with Gasteiger partial charge in [0, 0.05) is 6.54 Å². The zero-order valence-corrected chi connectivity index (χ0v) is 10.0. The molecule has 3 heteroatoms. The van der Waals surface area contributed by atoms with E-state index in [1.165, 1.54) is 25.7 Å². The Morgan fingerprint density at radius 1 is 1.40 bits per heavy atom. The number of hydrogen-bond donors (Lipinski definition) is 2. The van der Waals surface area contributed by atoms with Crippen molar-refractivity contribution in [3.8, 4) is 0 Å². The standard InChI is InChI=1S/C12H24N2O/c1-3-10(13)11(15)14-9-12(4-2)7-5-6-8-12/h10H,3-9,13H2,1-2H3,(H,14,15). The number of nitrogens with one attached hydrogen (secondary N) is 1. The van der Waals surface area contributed by atoms with Crippen molar-refractivity contribution in [2.75, 3.05) is 6.54 Å². The highest BCUT2D eigenvalue weighted by Crippen LogP contribution is 2.40. The van der Waals surface area contributed by atoms with E-state index >= 15 is 0 Å². The maximum atomic E-state index is 11.6. The average Bonchev–Trinajstić information content (AvgIpc) is 2.74. The molecule has 1 amide bonds. The molecule has 1 rings (SSSR count). The summed E-state index contributed by atoms with van der Waals surface area (Å²) in [5.74, 6) is 0.0113. The third-order valence-electron chi connectivity index (χ3n) is 3.83. The molecule has 3 N–H and O–H groups in total. The Hall–Kier alpha value is -0.570. The van der Waals surface area contributed by atoms with E-state index in [-0.39, 0.29) is 11.9 Å². The molecule has 0 aliphatic heterocycles. The summed E-state index contributed by atoms with van der Waals surface area (Å²) in [6.07, 6.45) is 7.00. The predicted octanol–water partition coefficient (Wildman–Crippen LogP) is 1.81. The first-order valence-corrected chi connectivity index (χ1v) is 6.17. The van der Waals surface area contributed by atoms with Crippen molar-refractivity contribution in [2.45, 2.75) is 58.4 Å². The van der Waals surface area contributed by atoms with Crippen LogP contribution in [0.3, 0.4) is 0 Å². The summed E-state index contributed by atoms with van der Waals surface area (Å²) in [5, 5.41) is 3.00. The van der Waals surface area contributed by atoms with Crippen LogP contribution in [0.1, 0.15) is 52.4 Å². The summed E-state index contributed by atoms with van der Waals surface area (Å²) in [6.45, 7) is 4.97. The minimum atomic E-state index is -0.333. The quantitative estimate of drug-likeness (QED) is 0.730. The van der Waals surface area contributed by atoms with Crippen LogP contribution in [-0.4, -0.2) is 18.5 Å². The van der Waals surface area contributed by atoms with Gasteiger partial charge in [-0.2, -0.15) is 0 Å². The normalized spacial score (nSPS) is 21.3. The van der Waals surface area contributed by atoms with Crippen molar-refractivity contribution in [1.82, 2.24) is 5.32 Å². The maximum absolute atomic E-state index is 11.6. The zero-order chi connectivity index (χ0) is 11.3. The Balaban J connectivity index is 2.37. The highest BCUT2D eigenvalue weighted by Gasteiger charge is 2.32. The summed E-state index contributed by atoms with van der Waals surface area (Å²) in [7, 11) is 0. The van der Waals surface area contributed by atoms with E-state index in [1.54, 1.807) is 0 Å². The molecule has 0 bridgehead atoms. The molecule has 88 valence electrons. The van der Waals surface area contributed by atoms with Crippen molar-refractivity contribution < 1.29 is 4.79 Å². The molecule has 1 aliphatic rings. The van der Waals surface area contributed by atoms with Gasteiger partial charge >= 0.3 is 0 Å². The molecular weight excluding hydrogens is 188 g/mol. The van der Waals surface area contributed by atoms with Crippen LogP contribution in [0.25, 0.3) is 0 Å². The van der Waals surface area contributed by atoms with Gasteiger partial charge in [0.15, 0.2) is 0 Å². The summed E-state index contributed by atoms with van der Waals surface area (Å²) < 4.78 is 0. The average molecular weight is 212 g/mol. The van der Waals surface area contributed by atoms with E-state index in [9.17, 15) is 4.79 Å². The zero-order valence-electron chi connectivity index (χ0n) is 10.0. The molecule has 0 aromatic carbocycles. The Morgan fingerprint density at radius 3 is 2.47 bits per heavy atom. The van der Waals surface area contributed by atoms with Gasteiger partial charge in [-0.05, 0) is 31.1 Å². The summed E-state index contributed by atoms with van der Waals surface area (Å²) in [5.41, 5.74) is 6.04. The van der Waals surface area contributed by atoms with Crippen molar-refractivity contribution >= 4 is 5.91 Å². The largest absolute Gasteiger partial charge is 0.354 e. The van der Waals surface area contributed by atoms with Crippen LogP contribution in [-0.2, 0) is 4.79 Å². The van der Waals surface area contributed by atoms with Gasteiger partial charge in [-0.1, -0.05) is 26.7 Å². The Morgan fingerprint density at radius 2 is 2.00 bits per heavy atom. The number of carbonyl (C=O) groups is 1. The number of carbonyl (C=O) groups excluding carboxylic acids is 1. The molecule has 0 heterocycles. The van der Waals surface area contributed by atoms with Gasteiger partial charge < -0.3 is 11.1 Å². The highest BCUT2D eigenvalue weighted by atomic mass is 16.2. The Bertz CT molecular complexity index is 210. The van der Waals surface area contributed by atoms with E-state index in [0.29, 0.717) is 11.8 Å². The molecule has 15 heavy (non-hydrogen) atoms. The van der Waals surface area contributed by atoms with Gasteiger partial charge in [-0.25, -0.2) is 0 Å². The molecule has 1 atom stereocenters. The van der Waals surface area contributed by atoms with Crippen molar-refractivity contribution in [3.63, 3.8) is 0 Å². The Labute approximate surface area is 92.8 Å². The van der Waals surface area contributed by atoms with Crippen LogP contribution < -0.4 is 11.1 Å². The minimum Gasteiger partial charge on any atom is -0.354 e. The summed E-state index contributed by atoms with van der Waals surface area (Å²) in [4.78, 5) is 11.6. The van der Waals surface area contributed by atoms with Crippen molar-refractivity contribution in [1.29, 1.82) is 0 Å². The van der Waals surface area contributed by atoms with Crippen LogP contribution in [0, 0.1) is 5.41 Å². The molecule has 0 radical (unpaired) electrons. The molecule has 0 aromatic rings. The van der Waals surface area contributed by atoms with Gasteiger partial charge in [0.2, 0.25) is 5.91 Å². The monoisotopic (exact) mass is 212 g/mol. The number of hydrogen-bond acceptors (Lipinski definition) is 2. The molecule has 1 unspecified atom stereocenters. The van der Waals surface area contributed by atoms with E-state index in [4.69, 9.17) is 5.73 Å². The first-order chi connectivity index (χ1) is 7.13. The summed E-state index contributed by atoms with van der Waals surface area (Å²) >= 11 is 0. The van der Waals surface area contributed by atoms with E-state index in [0.717, 1.165) is 13.0 Å². The maximum Gasteiger partial charge on any atom is 0.236 e. The second-order valence-corrected chi connectivity index (χ2v) is 4.79. The molecule has 3 nitrogen and oxygen atoms in total. The molecule has 1 aliphatic carbocycles. The highest BCUT2D eigenvalue weighted by molar-refractivity contribution is 5.81. The van der Waals surface area contributed by atoms with E-state index < -0.39 is 0 Å². The minimum absolute atomic E-state index is 0.0113. The van der Waals surface area contributed by atoms with Gasteiger partial charge in [0.1, 0.15) is 0 Å². The molecule has 1 saturated carbocycles. The Kier molecular flexibility index (Phi) is 4.58. The van der Waals surface area contributed by atoms with Crippen LogP contribution in [0.5, 0.6) is 0 Å². The number of nitrogens with two attached hydrogens (primary N) is 1. The van der Waals surface area contributed by atoms with Gasteiger partial charge in [-0.3, -0.25) is 4.79 Å². The molecule has 0 spiro atoms. The lowest BCUT2D eigenvalue weighted by Gasteiger charge is -2.28. The fourth-order valence-corrected chi connectivity index (χ4v) is 2.37. The van der Waals surface area contributed by atoms with Crippen LogP contribution in [0.2, 0.25) is 0 Å². The second-order valence-electron chi connectivity index (χ2n) is 4.79. The fourth-order valence-electron chi connectivity index (χ4n) is 2.37. The third kappa shape index (κ3) is 3.20. The third-order valence-corrected chi connectivity index (χ3v) is 3.83. The number of rotatable bonds is 5. The molecule has 1 fully saturated rings.